The van der Waals surface area contributed by atoms with Gasteiger partial charge in [0.05, 0.1) is 6.54 Å². The molecule has 0 bridgehead atoms. The van der Waals surface area contributed by atoms with E-state index in [0.717, 1.165) is 0 Å². The van der Waals surface area contributed by atoms with Gasteiger partial charge in [-0.1, -0.05) is 0 Å². The van der Waals surface area contributed by atoms with Crippen molar-refractivity contribution in [3.05, 3.63) is 22.2 Å². The molecule has 2 unspecified atom stereocenters. The number of likely N-dealkylation sites (tertiary alicyclic amines) is 1. The lowest BCUT2D eigenvalue weighted by Crippen LogP contribution is -2.45. The number of piperidine rings is 1. The summed E-state index contributed by atoms with van der Waals surface area (Å²) in [5.74, 6) is -2.59. The maximum atomic E-state index is 13.4. The van der Waals surface area contributed by atoms with Crippen molar-refractivity contribution in [1.29, 1.82) is 0 Å². The Balaban J connectivity index is 1.66. The predicted octanol–water partition coefficient (Wildman–Crippen LogP) is 2.82. The molecule has 0 amide bonds. The van der Waals surface area contributed by atoms with Gasteiger partial charge in [-0.2, -0.15) is 5.16 Å². The third-order valence-corrected chi connectivity index (χ3v) is 5.56. The molecule has 1 saturated heterocycles. The Morgan fingerprint density at radius 2 is 2.08 bits per heavy atom. The highest BCUT2D eigenvalue weighted by molar-refractivity contribution is 5.69. The molecule has 25 heavy (non-hydrogen) atoms. The highest BCUT2D eigenvalue weighted by Crippen LogP contribution is 2.40. The molecule has 1 saturated carbocycles. The summed E-state index contributed by atoms with van der Waals surface area (Å²) in [6.45, 7) is 0.552. The summed E-state index contributed by atoms with van der Waals surface area (Å²) < 4.78 is 31.9. The van der Waals surface area contributed by atoms with Crippen LogP contribution in [0.1, 0.15) is 56.6 Å². The number of aromatic nitrogens is 1. The average Bonchev–Trinajstić information content (AvgIpc) is 2.97. The van der Waals surface area contributed by atoms with E-state index in [9.17, 15) is 18.4 Å². The fourth-order valence-electron chi connectivity index (χ4n) is 4.20. The number of halogens is 2. The Morgan fingerprint density at radius 3 is 2.68 bits per heavy atom. The first-order chi connectivity index (χ1) is 11.8. The SMILES string of the molecule is O=C(O)CN1CCC(c2cc(=O)[nH]o2)CC1CC1CCC(F)(F)CC1. The normalized spacial score (nSPS) is 28.1. The summed E-state index contributed by atoms with van der Waals surface area (Å²) >= 11 is 0. The molecular weight excluding hydrogens is 334 g/mol. The number of carboxylic acids is 1. The molecule has 2 atom stereocenters. The van der Waals surface area contributed by atoms with E-state index in [-0.39, 0.29) is 42.8 Å². The number of aliphatic carboxylic acids is 1. The van der Waals surface area contributed by atoms with Crippen molar-refractivity contribution >= 4 is 5.97 Å². The number of carboxylic acid groups (broad SMARTS) is 1. The number of hydrogen-bond acceptors (Lipinski definition) is 4. The lowest BCUT2D eigenvalue weighted by Gasteiger charge is -2.40. The zero-order valence-electron chi connectivity index (χ0n) is 14.0. The van der Waals surface area contributed by atoms with Gasteiger partial charge < -0.3 is 9.63 Å². The third-order valence-electron chi connectivity index (χ3n) is 5.56. The lowest BCUT2D eigenvalue weighted by molar-refractivity contribution is -0.139. The molecule has 1 aliphatic heterocycles. The number of alkyl halides is 2. The first-order valence-electron chi connectivity index (χ1n) is 8.84. The van der Waals surface area contributed by atoms with Crippen LogP contribution in [0, 0.1) is 5.92 Å². The minimum atomic E-state index is -2.55. The Labute approximate surface area is 144 Å². The molecule has 0 spiro atoms. The fraction of sp³-hybridized carbons (Fsp3) is 0.765. The molecule has 0 aromatic carbocycles. The number of nitrogens with one attached hydrogen (secondary N) is 1. The topological polar surface area (TPSA) is 86.5 Å². The first kappa shape index (κ1) is 18.1. The van der Waals surface area contributed by atoms with Gasteiger partial charge in [0, 0.05) is 30.9 Å². The second-order valence-corrected chi connectivity index (χ2v) is 7.39. The van der Waals surface area contributed by atoms with E-state index in [0.29, 0.717) is 44.4 Å². The molecule has 1 aromatic heterocycles. The largest absolute Gasteiger partial charge is 0.480 e. The number of nitrogens with zero attached hydrogens (tertiary/aromatic N) is 1. The zero-order chi connectivity index (χ0) is 18.0. The summed E-state index contributed by atoms with van der Waals surface area (Å²) in [7, 11) is 0. The van der Waals surface area contributed by atoms with Crippen LogP contribution in [0.4, 0.5) is 8.78 Å². The van der Waals surface area contributed by atoms with Crippen LogP contribution in [0.15, 0.2) is 15.4 Å². The van der Waals surface area contributed by atoms with Crippen LogP contribution in [0.3, 0.4) is 0 Å². The van der Waals surface area contributed by atoms with Gasteiger partial charge in [-0.15, -0.1) is 0 Å². The van der Waals surface area contributed by atoms with E-state index in [2.05, 4.69) is 5.16 Å². The maximum Gasteiger partial charge on any atom is 0.317 e. The molecular formula is C17H24F2N2O4. The summed E-state index contributed by atoms with van der Waals surface area (Å²) in [5, 5.41) is 11.4. The maximum absolute atomic E-state index is 13.4. The summed E-state index contributed by atoms with van der Waals surface area (Å²) in [4.78, 5) is 24.4. The minimum Gasteiger partial charge on any atom is -0.480 e. The smallest absolute Gasteiger partial charge is 0.317 e. The second kappa shape index (κ2) is 7.27. The summed E-state index contributed by atoms with van der Waals surface area (Å²) in [6.07, 6.45) is 2.91. The molecule has 3 rings (SSSR count). The summed E-state index contributed by atoms with van der Waals surface area (Å²) in [5.41, 5.74) is -0.283. The standard InChI is InChI=1S/C17H24F2N2O4/c18-17(19)4-1-11(2-5-17)7-13-8-12(14-9-15(22)20-25-14)3-6-21(13)10-16(23)24/h9,11-13H,1-8,10H2,(H,20,22)(H,23,24). The highest BCUT2D eigenvalue weighted by atomic mass is 19.3. The van der Waals surface area contributed by atoms with E-state index in [1.54, 1.807) is 0 Å². The minimum absolute atomic E-state index is 0.00627. The van der Waals surface area contributed by atoms with Gasteiger partial charge >= 0.3 is 5.97 Å². The molecule has 0 radical (unpaired) electrons. The molecule has 2 N–H and O–H groups in total. The van der Waals surface area contributed by atoms with Crippen molar-refractivity contribution in [2.75, 3.05) is 13.1 Å². The van der Waals surface area contributed by atoms with Gasteiger partial charge in [0.2, 0.25) is 5.92 Å². The van der Waals surface area contributed by atoms with Crippen LogP contribution in [0.25, 0.3) is 0 Å². The number of hydrogen-bond donors (Lipinski definition) is 2. The molecule has 2 fully saturated rings. The van der Waals surface area contributed by atoms with Gasteiger partial charge in [0.25, 0.3) is 5.56 Å². The van der Waals surface area contributed by atoms with E-state index in [1.807, 2.05) is 4.90 Å². The molecule has 8 heteroatoms. The van der Waals surface area contributed by atoms with Crippen molar-refractivity contribution < 1.29 is 23.2 Å². The average molecular weight is 358 g/mol. The van der Waals surface area contributed by atoms with Crippen LogP contribution in [-0.4, -0.2) is 46.2 Å². The van der Waals surface area contributed by atoms with Crippen molar-refractivity contribution in [3.63, 3.8) is 0 Å². The second-order valence-electron chi connectivity index (χ2n) is 7.39. The molecule has 140 valence electrons. The number of aromatic amines is 1. The molecule has 6 nitrogen and oxygen atoms in total. The van der Waals surface area contributed by atoms with Crippen LogP contribution >= 0.6 is 0 Å². The van der Waals surface area contributed by atoms with Crippen molar-refractivity contribution in [2.45, 2.75) is 62.8 Å². The van der Waals surface area contributed by atoms with Crippen molar-refractivity contribution in [1.82, 2.24) is 10.1 Å². The summed E-state index contributed by atoms with van der Waals surface area (Å²) in [6, 6.07) is 1.45. The molecule has 2 heterocycles. The number of H-pyrrole nitrogens is 1. The Morgan fingerprint density at radius 1 is 1.36 bits per heavy atom. The monoisotopic (exact) mass is 358 g/mol. The van der Waals surface area contributed by atoms with Gasteiger partial charge in [0.1, 0.15) is 5.76 Å². The number of carbonyl (C=O) groups is 1. The van der Waals surface area contributed by atoms with Crippen LogP contribution in [-0.2, 0) is 4.79 Å². The van der Waals surface area contributed by atoms with E-state index in [4.69, 9.17) is 9.63 Å². The Hall–Kier alpha value is -1.70. The quantitative estimate of drug-likeness (QED) is 0.845. The molecule has 2 aliphatic rings. The van der Waals surface area contributed by atoms with Gasteiger partial charge in [-0.25, -0.2) is 8.78 Å². The van der Waals surface area contributed by atoms with Crippen LogP contribution < -0.4 is 5.56 Å². The predicted molar refractivity (Wildman–Crippen MR) is 85.8 cm³/mol. The molecule has 1 aromatic rings. The highest BCUT2D eigenvalue weighted by Gasteiger charge is 2.38. The Bertz CT molecular complexity index is 647. The van der Waals surface area contributed by atoms with Crippen LogP contribution in [0.5, 0.6) is 0 Å². The van der Waals surface area contributed by atoms with Crippen LogP contribution in [0.2, 0.25) is 0 Å². The third kappa shape index (κ3) is 4.68. The van der Waals surface area contributed by atoms with Crippen molar-refractivity contribution in [2.24, 2.45) is 5.92 Å². The van der Waals surface area contributed by atoms with E-state index >= 15 is 0 Å². The first-order valence-corrected chi connectivity index (χ1v) is 8.84. The zero-order valence-corrected chi connectivity index (χ0v) is 14.0. The Kier molecular flexibility index (Phi) is 5.27. The number of rotatable bonds is 5. The van der Waals surface area contributed by atoms with E-state index in [1.165, 1.54) is 6.07 Å². The lowest BCUT2D eigenvalue weighted by atomic mass is 9.79. The van der Waals surface area contributed by atoms with E-state index < -0.39 is 11.9 Å². The van der Waals surface area contributed by atoms with Gasteiger partial charge in [-0.3, -0.25) is 14.5 Å². The van der Waals surface area contributed by atoms with Gasteiger partial charge in [-0.05, 0) is 44.6 Å². The molecule has 1 aliphatic carbocycles. The van der Waals surface area contributed by atoms with Crippen molar-refractivity contribution in [3.8, 4) is 0 Å². The van der Waals surface area contributed by atoms with Gasteiger partial charge in [0.15, 0.2) is 0 Å². The fourth-order valence-corrected chi connectivity index (χ4v) is 4.20.